The van der Waals surface area contributed by atoms with Crippen molar-refractivity contribution < 1.29 is 52.5 Å². The Morgan fingerprint density at radius 1 is 1.09 bits per heavy atom. The molecular weight excluding hydrogens is 751 g/mol. The van der Waals surface area contributed by atoms with E-state index in [0.29, 0.717) is 12.8 Å². The predicted molar refractivity (Wildman–Crippen MR) is 219 cm³/mol. The van der Waals surface area contributed by atoms with Crippen LogP contribution in [0.1, 0.15) is 101 Å². The first-order chi connectivity index (χ1) is 26.9. The lowest BCUT2D eigenvalue weighted by Crippen LogP contribution is -2.45. The summed E-state index contributed by atoms with van der Waals surface area (Å²) in [7, 11) is -2.10. The Balaban J connectivity index is 1.68. The van der Waals surface area contributed by atoms with Crippen molar-refractivity contribution in [2.24, 2.45) is 17.8 Å². The fourth-order valence-electron chi connectivity index (χ4n) is 7.47. The number of cyclic esters (lactones) is 1. The zero-order valence-corrected chi connectivity index (χ0v) is 36.4. The molecule has 318 valence electrons. The summed E-state index contributed by atoms with van der Waals surface area (Å²) in [5.74, 6) is -0.961. The number of hydrogen-bond donors (Lipinski definition) is 1. The van der Waals surface area contributed by atoms with Gasteiger partial charge in [0.25, 0.3) is 5.69 Å². The lowest BCUT2D eigenvalue weighted by Gasteiger charge is -2.36. The standard InChI is InChI=1S/C43H65NO12Si/c1-11-36(54-42(47)52-34-21-19-33(20-22-34)44(49)50)31(8)41-37(53-41)26-28(5)16-15-17-29(6)40-30(7)18-23-38(51-32(9)45)43(10,48)25-24-35(27-39(46)55-40)56-57(12-2,13-3)14-4/h15-23,28,30-31,35-38,40-41,48H,11-14,24-27H2,1-10H3/b16-15+,23-18+,29-17+. The average Bonchev–Trinajstić information content (AvgIpc) is 3.93. The predicted octanol–water partition coefficient (Wildman–Crippen LogP) is 9.18. The van der Waals surface area contributed by atoms with Gasteiger partial charge in [0.15, 0.2) is 8.32 Å². The van der Waals surface area contributed by atoms with Gasteiger partial charge in [-0.25, -0.2) is 4.79 Å². The number of nitro benzene ring substituents is 1. The molecule has 0 amide bonds. The van der Waals surface area contributed by atoms with E-state index in [1.807, 2.05) is 45.9 Å². The van der Waals surface area contributed by atoms with Crippen LogP contribution in [0.4, 0.5) is 10.5 Å². The van der Waals surface area contributed by atoms with Gasteiger partial charge in [0, 0.05) is 30.9 Å². The van der Waals surface area contributed by atoms with Crippen LogP contribution in [-0.2, 0) is 33.0 Å². The molecule has 1 N–H and O–H groups in total. The number of aliphatic hydroxyl groups is 1. The molecule has 1 aromatic carbocycles. The smallest absolute Gasteiger partial charge is 0.457 e. The van der Waals surface area contributed by atoms with Gasteiger partial charge in [-0.2, -0.15) is 0 Å². The van der Waals surface area contributed by atoms with E-state index in [1.54, 1.807) is 13.0 Å². The molecule has 13 nitrogen and oxygen atoms in total. The van der Waals surface area contributed by atoms with Crippen LogP contribution in [-0.4, -0.2) is 78.7 Å². The first-order valence-electron chi connectivity index (χ1n) is 20.5. The Bertz CT molecular complexity index is 1580. The number of nitrogens with zero attached hydrogens (tertiary/aromatic N) is 1. The molecule has 0 spiro atoms. The number of rotatable bonds is 17. The SMILES string of the molecule is CCC(OC(=O)Oc1ccc([N+](=O)[O-])cc1)C(C)C1OC1CC(C)/C=C/C=C(\C)C1OC(=O)CC(O[Si](CC)(CC)CC)CCC(C)(O)C(OC(C)=O)/C=C/C1C. The fraction of sp³-hybridized carbons (Fsp3) is 0.651. The van der Waals surface area contributed by atoms with Crippen molar-refractivity contribution in [1.82, 2.24) is 0 Å². The summed E-state index contributed by atoms with van der Waals surface area (Å²) in [6.07, 6.45) is 8.14. The van der Waals surface area contributed by atoms with E-state index in [9.17, 15) is 29.6 Å². The summed E-state index contributed by atoms with van der Waals surface area (Å²) in [5.41, 5.74) is -0.662. The largest absolute Gasteiger partial charge is 0.514 e. The van der Waals surface area contributed by atoms with Gasteiger partial charge in [-0.3, -0.25) is 19.7 Å². The molecule has 1 saturated heterocycles. The van der Waals surface area contributed by atoms with E-state index >= 15 is 0 Å². The highest BCUT2D eigenvalue weighted by Crippen LogP contribution is 2.38. The second kappa shape index (κ2) is 21.8. The van der Waals surface area contributed by atoms with Gasteiger partial charge in [-0.05, 0) is 87.4 Å². The van der Waals surface area contributed by atoms with Crippen molar-refractivity contribution in [2.75, 3.05) is 0 Å². The zero-order valence-electron chi connectivity index (χ0n) is 35.4. The van der Waals surface area contributed by atoms with Gasteiger partial charge in [-0.1, -0.05) is 72.8 Å². The lowest BCUT2D eigenvalue weighted by molar-refractivity contribution is -0.384. The third kappa shape index (κ3) is 14.5. The van der Waals surface area contributed by atoms with E-state index in [0.717, 1.165) is 30.1 Å². The number of benzene rings is 1. The van der Waals surface area contributed by atoms with Crippen LogP contribution in [0.25, 0.3) is 0 Å². The van der Waals surface area contributed by atoms with Crippen LogP contribution in [0.5, 0.6) is 5.75 Å². The Morgan fingerprint density at radius 2 is 1.74 bits per heavy atom. The monoisotopic (exact) mass is 815 g/mol. The number of allylic oxidation sites excluding steroid dienone is 3. The molecule has 10 unspecified atom stereocenters. The van der Waals surface area contributed by atoms with Crippen molar-refractivity contribution in [3.8, 4) is 5.75 Å². The minimum Gasteiger partial charge on any atom is -0.457 e. The quantitative estimate of drug-likeness (QED) is 0.0182. The van der Waals surface area contributed by atoms with E-state index < -0.39 is 55.4 Å². The van der Waals surface area contributed by atoms with Crippen LogP contribution in [0.15, 0.2) is 60.2 Å². The second-order valence-corrected chi connectivity index (χ2v) is 20.7. The summed E-state index contributed by atoms with van der Waals surface area (Å²) >= 11 is 0. The van der Waals surface area contributed by atoms with Crippen molar-refractivity contribution in [1.29, 1.82) is 0 Å². The van der Waals surface area contributed by atoms with Crippen molar-refractivity contribution >= 4 is 32.1 Å². The van der Waals surface area contributed by atoms with E-state index in [4.69, 9.17) is 28.1 Å². The van der Waals surface area contributed by atoms with E-state index in [1.165, 1.54) is 31.2 Å². The molecule has 2 heterocycles. The second-order valence-electron chi connectivity index (χ2n) is 15.9. The van der Waals surface area contributed by atoms with Gasteiger partial charge < -0.3 is 33.2 Å². The lowest BCUT2D eigenvalue weighted by atomic mass is 9.88. The maximum Gasteiger partial charge on any atom is 0.514 e. The summed E-state index contributed by atoms with van der Waals surface area (Å²) in [6, 6.07) is 7.95. The van der Waals surface area contributed by atoms with Crippen LogP contribution < -0.4 is 4.74 Å². The molecule has 1 fully saturated rings. The van der Waals surface area contributed by atoms with Gasteiger partial charge in [0.2, 0.25) is 0 Å². The first kappa shape index (κ1) is 47.5. The maximum absolute atomic E-state index is 13.6. The Labute approximate surface area is 339 Å². The minimum atomic E-state index is -2.10. The van der Waals surface area contributed by atoms with Crippen molar-refractivity contribution in [3.63, 3.8) is 0 Å². The van der Waals surface area contributed by atoms with Crippen LogP contribution in [0, 0.1) is 27.9 Å². The van der Waals surface area contributed by atoms with Crippen molar-refractivity contribution in [3.05, 3.63) is 70.3 Å². The molecule has 10 atom stereocenters. The van der Waals surface area contributed by atoms with Gasteiger partial charge in [0.05, 0.1) is 29.7 Å². The Morgan fingerprint density at radius 3 is 2.32 bits per heavy atom. The van der Waals surface area contributed by atoms with Crippen LogP contribution in [0.3, 0.4) is 0 Å². The summed E-state index contributed by atoms with van der Waals surface area (Å²) in [6.45, 7) is 19.2. The summed E-state index contributed by atoms with van der Waals surface area (Å²) in [5, 5.41) is 22.4. The fourth-order valence-corrected chi connectivity index (χ4v) is 10.4. The summed E-state index contributed by atoms with van der Waals surface area (Å²) < 4.78 is 35.4. The number of hydrogen-bond acceptors (Lipinski definition) is 12. The number of esters is 2. The highest BCUT2D eigenvalue weighted by Gasteiger charge is 2.46. The molecule has 3 rings (SSSR count). The average molecular weight is 816 g/mol. The third-order valence-electron chi connectivity index (χ3n) is 11.4. The van der Waals surface area contributed by atoms with Gasteiger partial charge >= 0.3 is 18.1 Å². The highest BCUT2D eigenvalue weighted by atomic mass is 28.4. The van der Waals surface area contributed by atoms with Crippen LogP contribution >= 0.6 is 0 Å². The molecule has 57 heavy (non-hydrogen) atoms. The maximum atomic E-state index is 13.6. The first-order valence-corrected chi connectivity index (χ1v) is 23.0. The molecule has 2 aliphatic rings. The van der Waals surface area contributed by atoms with Gasteiger partial charge in [-0.15, -0.1) is 0 Å². The number of carbonyl (C=O) groups is 3. The van der Waals surface area contributed by atoms with Crippen molar-refractivity contribution in [2.45, 2.75) is 162 Å². The minimum absolute atomic E-state index is 0.0158. The molecule has 0 aliphatic carbocycles. The normalized spacial score (nSPS) is 28.2. The summed E-state index contributed by atoms with van der Waals surface area (Å²) in [4.78, 5) is 48.5. The molecular formula is C43H65NO12Si. The molecule has 0 aromatic heterocycles. The molecule has 0 radical (unpaired) electrons. The highest BCUT2D eigenvalue weighted by molar-refractivity contribution is 6.73. The van der Waals surface area contributed by atoms with E-state index in [-0.39, 0.29) is 60.2 Å². The van der Waals surface area contributed by atoms with E-state index in [2.05, 4.69) is 33.8 Å². The third-order valence-corrected chi connectivity index (χ3v) is 16.1. The molecule has 0 saturated carbocycles. The topological polar surface area (TPSA) is 173 Å². The van der Waals surface area contributed by atoms with Crippen LogP contribution in [0.2, 0.25) is 18.1 Å². The number of epoxide rings is 1. The number of ether oxygens (including phenoxy) is 5. The number of non-ortho nitro benzene ring substituents is 1. The zero-order chi connectivity index (χ0) is 42.5. The molecule has 14 heteroatoms. The number of nitro groups is 1. The Kier molecular flexibility index (Phi) is 18.2. The molecule has 0 bridgehead atoms. The Hall–Kier alpha value is -3.85. The van der Waals surface area contributed by atoms with Gasteiger partial charge in [0.1, 0.15) is 29.7 Å². The molecule has 2 aliphatic heterocycles. The molecule has 1 aromatic rings. The number of carbonyl (C=O) groups excluding carboxylic acids is 3.